The van der Waals surface area contributed by atoms with Crippen LogP contribution in [0.15, 0.2) is 36.4 Å². The Morgan fingerprint density at radius 1 is 1.08 bits per heavy atom. The van der Waals surface area contributed by atoms with E-state index in [1.807, 2.05) is 6.92 Å². The summed E-state index contributed by atoms with van der Waals surface area (Å²) in [6.45, 7) is 8.77. The van der Waals surface area contributed by atoms with E-state index in [0.717, 1.165) is 5.57 Å². The second-order valence-electron chi connectivity index (χ2n) is 5.72. The van der Waals surface area contributed by atoms with E-state index in [9.17, 15) is 14.4 Å². The molecule has 24 heavy (non-hydrogen) atoms. The molecule has 0 aliphatic heterocycles. The summed E-state index contributed by atoms with van der Waals surface area (Å²) in [6.07, 6.45) is 0.753. The fourth-order valence-electron chi connectivity index (χ4n) is 2.11. The number of ketones is 2. The molecule has 5 nitrogen and oxygen atoms in total. The van der Waals surface area contributed by atoms with Crippen molar-refractivity contribution in [2.24, 2.45) is 0 Å². The molecule has 5 heteroatoms. The smallest absolute Gasteiger partial charge is 0.313 e. The molecule has 1 rings (SSSR count). The van der Waals surface area contributed by atoms with Gasteiger partial charge in [0.05, 0.1) is 24.7 Å². The molecule has 0 spiro atoms. The van der Waals surface area contributed by atoms with Crippen molar-refractivity contribution in [3.8, 4) is 5.75 Å². The van der Waals surface area contributed by atoms with Gasteiger partial charge in [-0.25, -0.2) is 0 Å². The predicted molar refractivity (Wildman–Crippen MR) is 91.2 cm³/mol. The molecular formula is C19H24O5. The van der Waals surface area contributed by atoms with E-state index in [1.165, 1.54) is 13.8 Å². The summed E-state index contributed by atoms with van der Waals surface area (Å²) in [5, 5.41) is 0. The maximum absolute atomic E-state index is 11.9. The van der Waals surface area contributed by atoms with E-state index in [0.29, 0.717) is 18.4 Å². The number of esters is 1. The third kappa shape index (κ3) is 6.87. The van der Waals surface area contributed by atoms with Crippen molar-refractivity contribution in [1.82, 2.24) is 0 Å². The van der Waals surface area contributed by atoms with Gasteiger partial charge in [0.15, 0.2) is 5.78 Å². The van der Waals surface area contributed by atoms with Crippen molar-refractivity contribution in [2.45, 2.75) is 46.1 Å². The fourth-order valence-corrected chi connectivity index (χ4v) is 2.11. The number of Topliss-reactive ketones (excluding diaryl/α,β-unsaturated/α-hetero) is 2. The summed E-state index contributed by atoms with van der Waals surface area (Å²) >= 11 is 0. The van der Waals surface area contributed by atoms with E-state index in [4.69, 9.17) is 9.47 Å². The molecule has 1 aromatic rings. The normalized spacial score (nSPS) is 11.6. The third-order valence-electron chi connectivity index (χ3n) is 3.42. The van der Waals surface area contributed by atoms with Gasteiger partial charge in [-0.3, -0.25) is 9.59 Å². The molecule has 0 saturated carbocycles. The van der Waals surface area contributed by atoms with Crippen LogP contribution in [-0.2, 0) is 14.3 Å². The minimum Gasteiger partial charge on any atom is -0.426 e. The van der Waals surface area contributed by atoms with Gasteiger partial charge in [0.2, 0.25) is 0 Å². The number of carbonyl (C=O) groups excluding carboxylic acids is 3. The average molecular weight is 332 g/mol. The van der Waals surface area contributed by atoms with Crippen molar-refractivity contribution in [3.05, 3.63) is 42.0 Å². The molecule has 0 saturated heterocycles. The monoisotopic (exact) mass is 332 g/mol. The van der Waals surface area contributed by atoms with Crippen molar-refractivity contribution >= 4 is 17.5 Å². The Balaban J connectivity index is 2.50. The summed E-state index contributed by atoms with van der Waals surface area (Å²) < 4.78 is 10.9. The van der Waals surface area contributed by atoms with Crippen molar-refractivity contribution in [1.29, 1.82) is 0 Å². The van der Waals surface area contributed by atoms with Gasteiger partial charge >= 0.3 is 5.97 Å². The third-order valence-corrected chi connectivity index (χ3v) is 3.42. The number of hydrogen-bond donors (Lipinski definition) is 0. The van der Waals surface area contributed by atoms with Gasteiger partial charge in [0.25, 0.3) is 0 Å². The Labute approximate surface area is 142 Å². The lowest BCUT2D eigenvalue weighted by Gasteiger charge is -2.17. The summed E-state index contributed by atoms with van der Waals surface area (Å²) in [5.41, 5.74) is 1.18. The van der Waals surface area contributed by atoms with E-state index >= 15 is 0 Å². The second kappa shape index (κ2) is 9.78. The minimum atomic E-state index is -0.476. The molecule has 0 fully saturated rings. The first-order valence-corrected chi connectivity index (χ1v) is 7.88. The lowest BCUT2D eigenvalue weighted by atomic mass is 10.1. The van der Waals surface area contributed by atoms with Crippen LogP contribution in [0, 0.1) is 0 Å². The maximum atomic E-state index is 11.9. The van der Waals surface area contributed by atoms with Crippen LogP contribution in [-0.4, -0.2) is 30.2 Å². The average Bonchev–Trinajstić information content (AvgIpc) is 2.50. The highest BCUT2D eigenvalue weighted by molar-refractivity contribution is 5.97. The molecule has 0 radical (unpaired) electrons. The maximum Gasteiger partial charge on any atom is 0.313 e. The summed E-state index contributed by atoms with van der Waals surface area (Å²) in [7, 11) is 0. The lowest BCUT2D eigenvalue weighted by molar-refractivity contribution is -0.136. The van der Waals surface area contributed by atoms with Gasteiger partial charge < -0.3 is 14.3 Å². The van der Waals surface area contributed by atoms with E-state index in [-0.39, 0.29) is 36.4 Å². The van der Waals surface area contributed by atoms with Crippen molar-refractivity contribution < 1.29 is 23.9 Å². The molecule has 0 aliphatic carbocycles. The summed E-state index contributed by atoms with van der Waals surface area (Å²) in [5.74, 6) is -0.301. The molecule has 130 valence electrons. The van der Waals surface area contributed by atoms with Crippen molar-refractivity contribution in [3.63, 3.8) is 0 Å². The molecule has 0 N–H and O–H groups in total. The SMILES string of the molecule is C=C(C)C(CCC(C)=O)OCCC(=O)Oc1ccccc1C(C)=O. The Hall–Kier alpha value is -2.27. The Bertz CT molecular complexity index is 618. The van der Waals surface area contributed by atoms with Crippen LogP contribution in [0.5, 0.6) is 5.75 Å². The highest BCUT2D eigenvalue weighted by Crippen LogP contribution is 2.19. The number of ether oxygens (including phenoxy) is 2. The van der Waals surface area contributed by atoms with Crippen LogP contribution in [0.1, 0.15) is 50.4 Å². The van der Waals surface area contributed by atoms with Gasteiger partial charge in [-0.15, -0.1) is 0 Å². The van der Waals surface area contributed by atoms with E-state index in [1.54, 1.807) is 24.3 Å². The molecular weight excluding hydrogens is 308 g/mol. The first-order chi connectivity index (χ1) is 11.3. The van der Waals surface area contributed by atoms with Crippen LogP contribution in [0.3, 0.4) is 0 Å². The van der Waals surface area contributed by atoms with Crippen LogP contribution in [0.2, 0.25) is 0 Å². The topological polar surface area (TPSA) is 69.7 Å². The zero-order valence-corrected chi connectivity index (χ0v) is 14.5. The highest BCUT2D eigenvalue weighted by Gasteiger charge is 2.14. The van der Waals surface area contributed by atoms with Gasteiger partial charge in [0, 0.05) is 6.42 Å². The van der Waals surface area contributed by atoms with Crippen LogP contribution in [0.4, 0.5) is 0 Å². The fraction of sp³-hybridized carbons (Fsp3) is 0.421. The first kappa shape index (κ1) is 19.8. The predicted octanol–water partition coefficient (Wildman–Crippen LogP) is 3.52. The number of rotatable bonds is 10. The Morgan fingerprint density at radius 3 is 2.33 bits per heavy atom. The number of hydrogen-bond acceptors (Lipinski definition) is 5. The molecule has 0 aliphatic rings. The Kier molecular flexibility index (Phi) is 8.06. The van der Waals surface area contributed by atoms with Gasteiger partial charge in [-0.1, -0.05) is 24.3 Å². The number of para-hydroxylation sites is 1. The first-order valence-electron chi connectivity index (χ1n) is 7.88. The quantitative estimate of drug-likeness (QED) is 0.284. The molecule has 0 amide bonds. The Morgan fingerprint density at radius 2 is 1.75 bits per heavy atom. The minimum absolute atomic E-state index is 0.0517. The highest BCUT2D eigenvalue weighted by atomic mass is 16.5. The molecule has 0 heterocycles. The van der Waals surface area contributed by atoms with Crippen molar-refractivity contribution in [2.75, 3.05) is 6.61 Å². The number of carbonyl (C=O) groups is 3. The van der Waals surface area contributed by atoms with Gasteiger partial charge in [0.1, 0.15) is 11.5 Å². The van der Waals surface area contributed by atoms with Crippen LogP contribution >= 0.6 is 0 Å². The summed E-state index contributed by atoms with van der Waals surface area (Å²) in [6, 6.07) is 6.60. The van der Waals surface area contributed by atoms with Crippen LogP contribution < -0.4 is 4.74 Å². The number of benzene rings is 1. The molecule has 0 bridgehead atoms. The molecule has 1 aromatic carbocycles. The second-order valence-corrected chi connectivity index (χ2v) is 5.72. The largest absolute Gasteiger partial charge is 0.426 e. The standard InChI is InChI=1S/C19H24O5/c1-13(2)17(10-9-14(3)20)23-12-11-19(22)24-18-8-6-5-7-16(18)15(4)21/h5-8,17H,1,9-12H2,2-4H3. The lowest BCUT2D eigenvalue weighted by Crippen LogP contribution is -2.19. The zero-order chi connectivity index (χ0) is 18.1. The summed E-state index contributed by atoms with van der Waals surface area (Å²) in [4.78, 5) is 34.5. The molecule has 0 aromatic heterocycles. The molecule has 1 unspecified atom stereocenters. The zero-order valence-electron chi connectivity index (χ0n) is 14.5. The van der Waals surface area contributed by atoms with E-state index in [2.05, 4.69) is 6.58 Å². The van der Waals surface area contributed by atoms with E-state index < -0.39 is 5.97 Å². The van der Waals surface area contributed by atoms with Gasteiger partial charge in [-0.05, 0) is 39.3 Å². The van der Waals surface area contributed by atoms with Crippen LogP contribution in [0.25, 0.3) is 0 Å². The molecule has 1 atom stereocenters. The van der Waals surface area contributed by atoms with Gasteiger partial charge in [-0.2, -0.15) is 0 Å².